The fourth-order valence-electron chi connectivity index (χ4n) is 3.92. The van der Waals surface area contributed by atoms with Crippen LogP contribution in [-0.4, -0.2) is 34.5 Å². The number of rotatable bonds is 3. The summed E-state index contributed by atoms with van der Waals surface area (Å²) in [6.45, 7) is 6.29. The summed E-state index contributed by atoms with van der Waals surface area (Å²) >= 11 is 0. The lowest BCUT2D eigenvalue weighted by Crippen LogP contribution is -2.53. The Labute approximate surface area is 143 Å². The van der Waals surface area contributed by atoms with Crippen molar-refractivity contribution in [1.29, 1.82) is 0 Å². The summed E-state index contributed by atoms with van der Waals surface area (Å²) in [7, 11) is 0. The van der Waals surface area contributed by atoms with E-state index in [1.807, 2.05) is 21.6 Å². The normalized spacial score (nSPS) is 23.9. The minimum atomic E-state index is -0.406. The summed E-state index contributed by atoms with van der Waals surface area (Å²) in [5.41, 5.74) is 7.21. The van der Waals surface area contributed by atoms with Gasteiger partial charge in [-0.25, -0.2) is 0 Å². The highest BCUT2D eigenvalue weighted by Gasteiger charge is 2.37. The molecule has 0 radical (unpaired) electrons. The quantitative estimate of drug-likeness (QED) is 0.909. The van der Waals surface area contributed by atoms with Crippen molar-refractivity contribution in [1.82, 2.24) is 9.47 Å². The monoisotopic (exact) mass is 339 g/mol. The summed E-state index contributed by atoms with van der Waals surface area (Å²) < 4.78 is 1.88. The molecule has 2 aliphatic rings. The number of hydrogen-bond donors (Lipinski definition) is 1. The van der Waals surface area contributed by atoms with Crippen LogP contribution in [0.5, 0.6) is 0 Å². The van der Waals surface area contributed by atoms with Crippen LogP contribution in [-0.2, 0) is 11.3 Å². The van der Waals surface area contributed by atoms with E-state index in [0.717, 1.165) is 25.1 Å². The highest BCUT2D eigenvalue weighted by Crippen LogP contribution is 2.35. The van der Waals surface area contributed by atoms with Crippen LogP contribution in [0.4, 0.5) is 0 Å². The standard InChI is InChI=1S/C17H25N3O2.ClH/c1-11(2)6-14(18)17(22)19-8-12-7-13(10-19)15-4-3-5-16(21)20(15)9-12;/h3-5,11-14H,6-10,18H2,1-2H3;1H/t12-,13-,14-;/m0./s1. The molecular formula is C17H26ClN3O2. The number of aromatic nitrogens is 1. The number of carbonyl (C=O) groups is 1. The van der Waals surface area contributed by atoms with Crippen LogP contribution in [0.2, 0.25) is 0 Å². The van der Waals surface area contributed by atoms with Crippen LogP contribution in [0.1, 0.15) is 38.3 Å². The van der Waals surface area contributed by atoms with Crippen molar-refractivity contribution < 1.29 is 4.79 Å². The average molecular weight is 340 g/mol. The zero-order valence-corrected chi connectivity index (χ0v) is 14.6. The number of likely N-dealkylation sites (tertiary alicyclic amines) is 1. The molecule has 23 heavy (non-hydrogen) atoms. The molecule has 1 amide bonds. The van der Waals surface area contributed by atoms with Crippen LogP contribution < -0.4 is 11.3 Å². The van der Waals surface area contributed by atoms with E-state index in [4.69, 9.17) is 5.73 Å². The third kappa shape index (κ3) is 3.61. The zero-order valence-electron chi connectivity index (χ0n) is 13.8. The summed E-state index contributed by atoms with van der Waals surface area (Å²) in [6.07, 6.45) is 1.79. The number of piperidine rings is 1. The SMILES string of the molecule is CC(C)C[C@H](N)C(=O)N1C[C@@H]2C[C@@H](C1)c1cccc(=O)n1C2.Cl. The minimum Gasteiger partial charge on any atom is -0.340 e. The summed E-state index contributed by atoms with van der Waals surface area (Å²) in [5.74, 6) is 1.11. The van der Waals surface area contributed by atoms with Gasteiger partial charge in [-0.15, -0.1) is 12.4 Å². The van der Waals surface area contributed by atoms with Crippen molar-refractivity contribution in [3.63, 3.8) is 0 Å². The molecule has 5 nitrogen and oxygen atoms in total. The molecule has 3 atom stereocenters. The lowest BCUT2D eigenvalue weighted by atomic mass is 9.83. The molecule has 2 aliphatic heterocycles. The smallest absolute Gasteiger partial charge is 0.250 e. The number of hydrogen-bond acceptors (Lipinski definition) is 3. The van der Waals surface area contributed by atoms with Gasteiger partial charge in [0.1, 0.15) is 0 Å². The lowest BCUT2D eigenvalue weighted by Gasteiger charge is -2.43. The first kappa shape index (κ1) is 18.0. The molecular weight excluding hydrogens is 314 g/mol. The molecule has 0 aliphatic carbocycles. The molecule has 1 fully saturated rings. The Morgan fingerprint density at radius 2 is 2.04 bits per heavy atom. The Morgan fingerprint density at radius 1 is 1.30 bits per heavy atom. The fourth-order valence-corrected chi connectivity index (χ4v) is 3.92. The van der Waals surface area contributed by atoms with Gasteiger partial charge in [0, 0.05) is 37.3 Å². The maximum Gasteiger partial charge on any atom is 0.250 e. The van der Waals surface area contributed by atoms with Crippen molar-refractivity contribution in [2.75, 3.05) is 13.1 Å². The largest absolute Gasteiger partial charge is 0.340 e. The van der Waals surface area contributed by atoms with Crippen LogP contribution in [0.3, 0.4) is 0 Å². The molecule has 0 saturated carbocycles. The fraction of sp³-hybridized carbons (Fsp3) is 0.647. The predicted molar refractivity (Wildman–Crippen MR) is 92.8 cm³/mol. The molecule has 1 saturated heterocycles. The number of fused-ring (bicyclic) bond motifs is 4. The summed E-state index contributed by atoms with van der Waals surface area (Å²) in [5, 5.41) is 0. The molecule has 128 valence electrons. The van der Waals surface area contributed by atoms with Crippen LogP contribution in [0, 0.1) is 11.8 Å². The maximum absolute atomic E-state index is 12.6. The Bertz CT molecular complexity index is 629. The third-order valence-corrected chi connectivity index (χ3v) is 4.83. The van der Waals surface area contributed by atoms with Crippen molar-refractivity contribution >= 4 is 18.3 Å². The topological polar surface area (TPSA) is 68.3 Å². The van der Waals surface area contributed by atoms with E-state index in [-0.39, 0.29) is 29.8 Å². The van der Waals surface area contributed by atoms with Gasteiger partial charge in [-0.2, -0.15) is 0 Å². The average Bonchev–Trinajstić information content (AvgIpc) is 2.46. The molecule has 1 aromatic heterocycles. The molecule has 2 bridgehead atoms. The van der Waals surface area contributed by atoms with E-state index in [1.165, 1.54) is 0 Å². The number of nitrogens with two attached hydrogens (primary N) is 1. The van der Waals surface area contributed by atoms with E-state index in [9.17, 15) is 9.59 Å². The summed E-state index contributed by atoms with van der Waals surface area (Å²) in [6, 6.07) is 5.05. The van der Waals surface area contributed by atoms with Gasteiger partial charge in [0.25, 0.3) is 5.56 Å². The lowest BCUT2D eigenvalue weighted by molar-refractivity contribution is -0.135. The zero-order chi connectivity index (χ0) is 15.9. The Balaban J connectivity index is 0.00000192. The van der Waals surface area contributed by atoms with Crippen molar-refractivity contribution in [3.05, 3.63) is 34.2 Å². The van der Waals surface area contributed by atoms with Crippen molar-refractivity contribution in [3.8, 4) is 0 Å². The van der Waals surface area contributed by atoms with Gasteiger partial charge in [-0.1, -0.05) is 19.9 Å². The number of halogens is 1. The molecule has 0 aromatic carbocycles. The van der Waals surface area contributed by atoms with Gasteiger partial charge in [0.15, 0.2) is 0 Å². The second-order valence-corrected chi connectivity index (χ2v) is 7.18. The maximum atomic E-state index is 12.6. The Kier molecular flexibility index (Phi) is 5.53. The molecule has 3 rings (SSSR count). The van der Waals surface area contributed by atoms with E-state index in [0.29, 0.717) is 24.9 Å². The van der Waals surface area contributed by atoms with E-state index in [1.54, 1.807) is 6.07 Å². The van der Waals surface area contributed by atoms with Crippen LogP contribution in [0.25, 0.3) is 0 Å². The van der Waals surface area contributed by atoms with Crippen molar-refractivity contribution in [2.24, 2.45) is 17.6 Å². The van der Waals surface area contributed by atoms with E-state index in [2.05, 4.69) is 13.8 Å². The van der Waals surface area contributed by atoms with E-state index < -0.39 is 6.04 Å². The number of pyridine rings is 1. The van der Waals surface area contributed by atoms with Gasteiger partial charge in [-0.05, 0) is 30.7 Å². The first-order chi connectivity index (χ1) is 10.5. The van der Waals surface area contributed by atoms with Gasteiger partial charge in [-0.3, -0.25) is 9.59 Å². The van der Waals surface area contributed by atoms with Gasteiger partial charge in [0.2, 0.25) is 5.91 Å². The Morgan fingerprint density at radius 3 is 2.74 bits per heavy atom. The first-order valence-corrected chi connectivity index (χ1v) is 8.19. The van der Waals surface area contributed by atoms with Gasteiger partial charge in [0.05, 0.1) is 6.04 Å². The highest BCUT2D eigenvalue weighted by molar-refractivity contribution is 5.85. The molecule has 0 spiro atoms. The van der Waals surface area contributed by atoms with Crippen LogP contribution >= 0.6 is 12.4 Å². The van der Waals surface area contributed by atoms with Gasteiger partial charge >= 0.3 is 0 Å². The predicted octanol–water partition coefficient (Wildman–Crippen LogP) is 1.59. The second-order valence-electron chi connectivity index (χ2n) is 7.18. The second kappa shape index (κ2) is 7.05. The van der Waals surface area contributed by atoms with Crippen LogP contribution in [0.15, 0.2) is 23.0 Å². The van der Waals surface area contributed by atoms with Gasteiger partial charge < -0.3 is 15.2 Å². The molecule has 2 N–H and O–H groups in total. The molecule has 6 heteroatoms. The highest BCUT2D eigenvalue weighted by atomic mass is 35.5. The van der Waals surface area contributed by atoms with Crippen molar-refractivity contribution in [2.45, 2.75) is 45.2 Å². The first-order valence-electron chi connectivity index (χ1n) is 8.19. The molecule has 1 aromatic rings. The molecule has 3 heterocycles. The summed E-state index contributed by atoms with van der Waals surface area (Å²) in [4.78, 5) is 26.5. The molecule has 0 unspecified atom stereocenters. The Hall–Kier alpha value is -1.33. The number of amides is 1. The number of nitrogens with zero attached hydrogens (tertiary/aromatic N) is 2. The van der Waals surface area contributed by atoms with E-state index >= 15 is 0 Å². The third-order valence-electron chi connectivity index (χ3n) is 4.83. The minimum absolute atomic E-state index is 0. The number of carbonyl (C=O) groups excluding carboxylic acids is 1.